The molecule has 3 N–H and O–H groups in total. The van der Waals surface area contributed by atoms with E-state index in [2.05, 4.69) is 32.0 Å². The minimum Gasteiger partial charge on any atom is -0.378 e. The zero-order valence-corrected chi connectivity index (χ0v) is 19.5. The molecule has 1 atom stereocenters. The molecule has 0 spiro atoms. The molecule has 6 heterocycles. The smallest absolute Gasteiger partial charge is 0.228 e. The number of carbonyl (C=O) groups is 1. The molecule has 0 aromatic carbocycles. The van der Waals surface area contributed by atoms with Gasteiger partial charge in [-0.05, 0) is 19.8 Å². The van der Waals surface area contributed by atoms with Crippen LogP contribution in [-0.4, -0.2) is 95.3 Å². The summed E-state index contributed by atoms with van der Waals surface area (Å²) in [5.74, 6) is 2.31. The lowest BCUT2D eigenvalue weighted by Gasteiger charge is -2.38. The number of fused-ring (bicyclic) bond motifs is 1. The van der Waals surface area contributed by atoms with E-state index in [0.29, 0.717) is 19.2 Å². The Balaban J connectivity index is 1.36. The zero-order chi connectivity index (χ0) is 23.3. The second-order valence-corrected chi connectivity index (χ2v) is 9.87. The number of nitrogens with one attached hydrogen (secondary N) is 1. The number of carbonyl (C=O) groups excluding carboxylic acids is 1. The van der Waals surface area contributed by atoms with E-state index in [4.69, 9.17) is 20.4 Å². The topological polar surface area (TPSA) is 126 Å². The third-order valence-corrected chi connectivity index (χ3v) is 7.60. The van der Waals surface area contributed by atoms with Crippen molar-refractivity contribution in [1.29, 1.82) is 0 Å². The van der Waals surface area contributed by atoms with E-state index in [9.17, 15) is 4.79 Å². The van der Waals surface area contributed by atoms with Crippen molar-refractivity contribution < 1.29 is 9.53 Å². The summed E-state index contributed by atoms with van der Waals surface area (Å²) in [4.78, 5) is 38.0. The minimum absolute atomic E-state index is 0.126. The van der Waals surface area contributed by atoms with Crippen molar-refractivity contribution in [2.75, 3.05) is 74.6 Å². The Kier molecular flexibility index (Phi) is 5.25. The molecule has 11 nitrogen and oxygen atoms in total. The number of nitrogens with two attached hydrogens (primary N) is 1. The normalized spacial score (nSPS) is 24.9. The van der Waals surface area contributed by atoms with Gasteiger partial charge in [0.1, 0.15) is 5.82 Å². The van der Waals surface area contributed by atoms with Gasteiger partial charge in [-0.1, -0.05) is 0 Å². The molecule has 4 aliphatic heterocycles. The summed E-state index contributed by atoms with van der Waals surface area (Å²) in [6.45, 7) is 9.04. The molecule has 0 bridgehead atoms. The molecule has 3 saturated heterocycles. The van der Waals surface area contributed by atoms with Crippen molar-refractivity contribution in [3.05, 3.63) is 18.0 Å². The molecule has 180 valence electrons. The second kappa shape index (κ2) is 8.31. The van der Waals surface area contributed by atoms with E-state index in [1.54, 1.807) is 12.4 Å². The third kappa shape index (κ3) is 3.63. The number of rotatable bonds is 4. The van der Waals surface area contributed by atoms with Gasteiger partial charge >= 0.3 is 0 Å². The van der Waals surface area contributed by atoms with Crippen LogP contribution in [0.1, 0.15) is 18.9 Å². The van der Waals surface area contributed by atoms with Gasteiger partial charge in [0.05, 0.1) is 30.4 Å². The number of likely N-dealkylation sites (tertiary alicyclic amines) is 1. The van der Waals surface area contributed by atoms with Gasteiger partial charge < -0.3 is 30.5 Å². The maximum atomic E-state index is 12.9. The van der Waals surface area contributed by atoms with Crippen molar-refractivity contribution in [2.45, 2.75) is 25.3 Å². The molecule has 2 aromatic heterocycles. The van der Waals surface area contributed by atoms with Crippen LogP contribution in [0.4, 0.5) is 17.7 Å². The van der Waals surface area contributed by atoms with Crippen molar-refractivity contribution in [3.8, 4) is 11.3 Å². The summed E-state index contributed by atoms with van der Waals surface area (Å²) in [7, 11) is 0. The van der Waals surface area contributed by atoms with Gasteiger partial charge in [-0.2, -0.15) is 4.98 Å². The fraction of sp³-hybridized carbons (Fsp3) is 0.609. The van der Waals surface area contributed by atoms with E-state index >= 15 is 0 Å². The first kappa shape index (κ1) is 21.5. The van der Waals surface area contributed by atoms with E-state index in [1.807, 2.05) is 4.90 Å². The molecule has 3 fully saturated rings. The number of nitrogens with zero attached hydrogens (tertiary/aromatic N) is 7. The Labute approximate surface area is 198 Å². The van der Waals surface area contributed by atoms with Crippen LogP contribution in [0.3, 0.4) is 0 Å². The quantitative estimate of drug-likeness (QED) is 0.633. The average molecular weight is 466 g/mol. The summed E-state index contributed by atoms with van der Waals surface area (Å²) in [6.07, 6.45) is 5.24. The summed E-state index contributed by atoms with van der Waals surface area (Å²) in [5.41, 5.74) is 8.39. The predicted octanol–water partition coefficient (Wildman–Crippen LogP) is -0.0747. The predicted molar refractivity (Wildman–Crippen MR) is 128 cm³/mol. The van der Waals surface area contributed by atoms with Gasteiger partial charge in [0.15, 0.2) is 0 Å². The number of morpholine rings is 1. The van der Waals surface area contributed by atoms with Crippen molar-refractivity contribution in [1.82, 2.24) is 30.2 Å². The fourth-order valence-corrected chi connectivity index (χ4v) is 5.45. The molecule has 0 radical (unpaired) electrons. The maximum absolute atomic E-state index is 12.9. The van der Waals surface area contributed by atoms with Gasteiger partial charge in [0.2, 0.25) is 17.8 Å². The molecule has 34 heavy (non-hydrogen) atoms. The highest BCUT2D eigenvalue weighted by molar-refractivity contribution is 5.81. The van der Waals surface area contributed by atoms with Crippen LogP contribution in [0, 0.1) is 5.92 Å². The summed E-state index contributed by atoms with van der Waals surface area (Å²) in [6, 6.07) is 0. The molecular weight excluding hydrogens is 434 g/mol. The van der Waals surface area contributed by atoms with Gasteiger partial charge in [0.25, 0.3) is 0 Å². The Hall–Kier alpha value is -3.05. The number of amides is 1. The summed E-state index contributed by atoms with van der Waals surface area (Å²) in [5, 5.41) is 3.21. The number of hydrogen-bond acceptors (Lipinski definition) is 10. The Morgan fingerprint density at radius 2 is 1.91 bits per heavy atom. The van der Waals surface area contributed by atoms with Crippen LogP contribution in [0.15, 0.2) is 12.4 Å². The molecule has 2 aromatic rings. The van der Waals surface area contributed by atoms with Crippen LogP contribution in [-0.2, 0) is 16.0 Å². The van der Waals surface area contributed by atoms with Crippen molar-refractivity contribution >= 4 is 23.6 Å². The lowest BCUT2D eigenvalue weighted by Crippen LogP contribution is -2.53. The van der Waals surface area contributed by atoms with E-state index in [-0.39, 0.29) is 23.3 Å². The van der Waals surface area contributed by atoms with Gasteiger partial charge in [-0.3, -0.25) is 4.79 Å². The fourth-order valence-electron chi connectivity index (χ4n) is 5.45. The number of aromatic nitrogens is 4. The molecule has 0 saturated carbocycles. The monoisotopic (exact) mass is 465 g/mol. The van der Waals surface area contributed by atoms with Gasteiger partial charge in [0, 0.05) is 69.3 Å². The van der Waals surface area contributed by atoms with E-state index in [1.165, 1.54) is 0 Å². The molecule has 11 heteroatoms. The van der Waals surface area contributed by atoms with Gasteiger partial charge in [-0.15, -0.1) is 0 Å². The first-order chi connectivity index (χ1) is 16.5. The van der Waals surface area contributed by atoms with E-state index in [0.717, 1.165) is 81.3 Å². The summed E-state index contributed by atoms with van der Waals surface area (Å²) < 4.78 is 5.54. The van der Waals surface area contributed by atoms with Crippen LogP contribution in [0.5, 0.6) is 0 Å². The molecule has 1 amide bonds. The summed E-state index contributed by atoms with van der Waals surface area (Å²) >= 11 is 0. The maximum Gasteiger partial charge on any atom is 0.228 e. The third-order valence-electron chi connectivity index (χ3n) is 7.60. The SMILES string of the molecule is C[C@]1(N2CCc3c(-c4cnc(N)nc4)nc(N4CCOCC4)nc32)CCN(C(=O)C2CNC2)C1. The standard InChI is InChI=1S/C23H31N9O2/c1-23(3-5-31(14-23)20(33)16-10-25-11-16)32-4-2-17-18(15-12-26-21(24)27-13-15)28-22(29-19(17)32)30-6-8-34-9-7-30/h12-13,16,25H,2-11,14H2,1H3,(H2,24,26,27)/t23-/m0/s1. The molecule has 0 aliphatic carbocycles. The number of ether oxygens (including phenoxy) is 1. The van der Waals surface area contributed by atoms with Crippen LogP contribution in [0.25, 0.3) is 11.3 Å². The lowest BCUT2D eigenvalue weighted by atomic mass is 9.99. The zero-order valence-electron chi connectivity index (χ0n) is 19.5. The molecule has 4 aliphatic rings. The highest BCUT2D eigenvalue weighted by atomic mass is 16.5. The number of nitrogen functional groups attached to an aromatic ring is 1. The van der Waals surface area contributed by atoms with Gasteiger partial charge in [-0.25, -0.2) is 15.0 Å². The van der Waals surface area contributed by atoms with Crippen LogP contribution in [0.2, 0.25) is 0 Å². The minimum atomic E-state index is -0.163. The largest absolute Gasteiger partial charge is 0.378 e. The highest BCUT2D eigenvalue weighted by Gasteiger charge is 2.46. The van der Waals surface area contributed by atoms with Crippen LogP contribution >= 0.6 is 0 Å². The first-order valence-corrected chi connectivity index (χ1v) is 12.1. The highest BCUT2D eigenvalue weighted by Crippen LogP contribution is 2.41. The average Bonchev–Trinajstić information content (AvgIpc) is 3.43. The molecular formula is C23H31N9O2. The lowest BCUT2D eigenvalue weighted by molar-refractivity contribution is -0.136. The molecule has 6 rings (SSSR count). The first-order valence-electron chi connectivity index (χ1n) is 12.1. The molecule has 0 unspecified atom stereocenters. The Bertz CT molecular complexity index is 1080. The number of anilines is 3. The van der Waals surface area contributed by atoms with Crippen molar-refractivity contribution in [3.63, 3.8) is 0 Å². The number of hydrogen-bond donors (Lipinski definition) is 2. The van der Waals surface area contributed by atoms with Crippen molar-refractivity contribution in [2.24, 2.45) is 5.92 Å². The van der Waals surface area contributed by atoms with E-state index < -0.39 is 0 Å². The Morgan fingerprint density at radius 1 is 1.15 bits per heavy atom. The van der Waals surface area contributed by atoms with Crippen LogP contribution < -0.4 is 20.9 Å². The second-order valence-electron chi connectivity index (χ2n) is 9.87. The Morgan fingerprint density at radius 3 is 2.62 bits per heavy atom.